The third-order valence-electron chi connectivity index (χ3n) is 4.76. The van der Waals surface area contributed by atoms with Crippen LogP contribution in [0.15, 0.2) is 0 Å². The monoisotopic (exact) mass is 297 g/mol. The standard InChI is InChI=1S/C16H31N3O2/c1-3-18(4-2)10-11-21-15-7-9-19(13-15)16(20)14-6-5-8-17-12-14/h14-15,17H,3-13H2,1-2H3. The van der Waals surface area contributed by atoms with Gasteiger partial charge in [-0.25, -0.2) is 0 Å². The van der Waals surface area contributed by atoms with Crippen LogP contribution in [0.3, 0.4) is 0 Å². The van der Waals surface area contributed by atoms with E-state index < -0.39 is 0 Å². The first kappa shape index (κ1) is 16.7. The van der Waals surface area contributed by atoms with Crippen LogP contribution in [-0.4, -0.2) is 74.2 Å². The van der Waals surface area contributed by atoms with Crippen molar-refractivity contribution in [1.29, 1.82) is 0 Å². The van der Waals surface area contributed by atoms with Crippen molar-refractivity contribution >= 4 is 5.91 Å². The summed E-state index contributed by atoms with van der Waals surface area (Å²) in [5.41, 5.74) is 0. The summed E-state index contributed by atoms with van der Waals surface area (Å²) < 4.78 is 5.95. The number of rotatable bonds is 7. The highest BCUT2D eigenvalue weighted by Gasteiger charge is 2.31. The molecule has 21 heavy (non-hydrogen) atoms. The number of likely N-dealkylation sites (N-methyl/N-ethyl adjacent to an activating group) is 1. The minimum atomic E-state index is 0.188. The SMILES string of the molecule is CCN(CC)CCOC1CCN(C(=O)C2CCCNC2)C1. The van der Waals surface area contributed by atoms with Crippen molar-refractivity contribution < 1.29 is 9.53 Å². The summed E-state index contributed by atoms with van der Waals surface area (Å²) in [7, 11) is 0. The molecular weight excluding hydrogens is 266 g/mol. The number of carbonyl (C=O) groups is 1. The van der Waals surface area contributed by atoms with Crippen LogP contribution in [0.1, 0.15) is 33.1 Å². The average Bonchev–Trinajstić information content (AvgIpc) is 3.00. The molecule has 0 aliphatic carbocycles. The van der Waals surface area contributed by atoms with Crippen molar-refractivity contribution in [3.63, 3.8) is 0 Å². The molecule has 5 nitrogen and oxygen atoms in total. The summed E-state index contributed by atoms with van der Waals surface area (Å²) >= 11 is 0. The van der Waals surface area contributed by atoms with Gasteiger partial charge in [-0.1, -0.05) is 13.8 Å². The number of piperidine rings is 1. The van der Waals surface area contributed by atoms with Gasteiger partial charge in [0.1, 0.15) is 0 Å². The number of nitrogens with one attached hydrogen (secondary N) is 1. The van der Waals surface area contributed by atoms with E-state index >= 15 is 0 Å². The van der Waals surface area contributed by atoms with Crippen LogP contribution in [0.2, 0.25) is 0 Å². The summed E-state index contributed by atoms with van der Waals surface area (Å²) in [6, 6.07) is 0. The minimum absolute atomic E-state index is 0.188. The second-order valence-corrected chi connectivity index (χ2v) is 6.14. The number of amides is 1. The van der Waals surface area contributed by atoms with Crippen LogP contribution in [-0.2, 0) is 9.53 Å². The van der Waals surface area contributed by atoms with Gasteiger partial charge in [0.15, 0.2) is 0 Å². The molecule has 122 valence electrons. The summed E-state index contributed by atoms with van der Waals surface area (Å²) in [4.78, 5) is 16.8. The molecule has 0 aromatic rings. The molecule has 2 heterocycles. The topological polar surface area (TPSA) is 44.8 Å². The highest BCUT2D eigenvalue weighted by Crippen LogP contribution is 2.19. The fraction of sp³-hybridized carbons (Fsp3) is 0.938. The molecule has 2 rings (SSSR count). The van der Waals surface area contributed by atoms with Gasteiger partial charge in [0.05, 0.1) is 18.6 Å². The Balaban J connectivity index is 1.67. The van der Waals surface area contributed by atoms with E-state index in [1.807, 2.05) is 4.90 Å². The molecule has 1 N–H and O–H groups in total. The van der Waals surface area contributed by atoms with Gasteiger partial charge in [-0.3, -0.25) is 4.79 Å². The summed E-state index contributed by atoms with van der Waals surface area (Å²) in [6.45, 7) is 11.8. The van der Waals surface area contributed by atoms with Crippen LogP contribution >= 0.6 is 0 Å². The quantitative estimate of drug-likeness (QED) is 0.760. The molecule has 2 atom stereocenters. The van der Waals surface area contributed by atoms with Crippen LogP contribution in [0.25, 0.3) is 0 Å². The van der Waals surface area contributed by atoms with Crippen molar-refractivity contribution in [2.75, 3.05) is 52.4 Å². The predicted molar refractivity (Wildman–Crippen MR) is 84.3 cm³/mol. The highest BCUT2D eigenvalue weighted by molar-refractivity contribution is 5.79. The van der Waals surface area contributed by atoms with Crippen molar-refractivity contribution in [3.8, 4) is 0 Å². The van der Waals surface area contributed by atoms with E-state index in [0.717, 1.165) is 71.7 Å². The molecule has 0 bridgehead atoms. The Morgan fingerprint density at radius 1 is 1.33 bits per heavy atom. The Morgan fingerprint density at radius 3 is 2.81 bits per heavy atom. The predicted octanol–water partition coefficient (Wildman–Crippen LogP) is 0.945. The first-order valence-corrected chi connectivity index (χ1v) is 8.58. The zero-order valence-corrected chi connectivity index (χ0v) is 13.6. The van der Waals surface area contributed by atoms with E-state index in [1.165, 1.54) is 0 Å². The van der Waals surface area contributed by atoms with E-state index in [4.69, 9.17) is 4.74 Å². The lowest BCUT2D eigenvalue weighted by atomic mass is 9.98. The van der Waals surface area contributed by atoms with Gasteiger partial charge < -0.3 is 19.9 Å². The van der Waals surface area contributed by atoms with Crippen molar-refractivity contribution in [3.05, 3.63) is 0 Å². The Kier molecular flexibility index (Phi) is 6.93. The molecule has 2 fully saturated rings. The maximum Gasteiger partial charge on any atom is 0.227 e. The van der Waals surface area contributed by atoms with Gasteiger partial charge in [0.25, 0.3) is 0 Å². The van der Waals surface area contributed by atoms with E-state index in [2.05, 4.69) is 24.1 Å². The summed E-state index contributed by atoms with van der Waals surface area (Å²) in [5.74, 6) is 0.519. The molecule has 5 heteroatoms. The zero-order valence-electron chi connectivity index (χ0n) is 13.6. The summed E-state index contributed by atoms with van der Waals surface area (Å²) in [5, 5.41) is 3.33. The van der Waals surface area contributed by atoms with Crippen LogP contribution in [0, 0.1) is 5.92 Å². The van der Waals surface area contributed by atoms with E-state index in [-0.39, 0.29) is 12.0 Å². The van der Waals surface area contributed by atoms with E-state index in [0.29, 0.717) is 5.91 Å². The van der Waals surface area contributed by atoms with Gasteiger partial charge in [-0.05, 0) is 38.9 Å². The molecule has 0 aromatic heterocycles. The fourth-order valence-corrected chi connectivity index (χ4v) is 3.27. The third-order valence-corrected chi connectivity index (χ3v) is 4.76. The lowest BCUT2D eigenvalue weighted by Gasteiger charge is -2.27. The van der Waals surface area contributed by atoms with Crippen molar-refractivity contribution in [2.24, 2.45) is 5.92 Å². The van der Waals surface area contributed by atoms with Gasteiger partial charge in [-0.15, -0.1) is 0 Å². The normalized spacial score (nSPS) is 26.5. The number of ether oxygens (including phenoxy) is 1. The van der Waals surface area contributed by atoms with Crippen LogP contribution < -0.4 is 5.32 Å². The first-order valence-electron chi connectivity index (χ1n) is 8.58. The van der Waals surface area contributed by atoms with Crippen molar-refractivity contribution in [2.45, 2.75) is 39.2 Å². The van der Waals surface area contributed by atoms with Gasteiger partial charge in [-0.2, -0.15) is 0 Å². The molecule has 0 saturated carbocycles. The average molecular weight is 297 g/mol. The number of nitrogens with zero attached hydrogens (tertiary/aromatic N) is 2. The van der Waals surface area contributed by atoms with Gasteiger partial charge in [0, 0.05) is 26.2 Å². The highest BCUT2D eigenvalue weighted by atomic mass is 16.5. The van der Waals surface area contributed by atoms with Crippen LogP contribution in [0.4, 0.5) is 0 Å². The van der Waals surface area contributed by atoms with E-state index in [9.17, 15) is 4.79 Å². The largest absolute Gasteiger partial charge is 0.375 e. The number of likely N-dealkylation sites (tertiary alicyclic amines) is 1. The number of hydrogen-bond donors (Lipinski definition) is 1. The zero-order chi connectivity index (χ0) is 15.1. The van der Waals surface area contributed by atoms with Crippen molar-refractivity contribution in [1.82, 2.24) is 15.1 Å². The molecule has 0 radical (unpaired) electrons. The smallest absolute Gasteiger partial charge is 0.227 e. The minimum Gasteiger partial charge on any atom is -0.375 e. The van der Waals surface area contributed by atoms with E-state index in [1.54, 1.807) is 0 Å². The second-order valence-electron chi connectivity index (χ2n) is 6.14. The van der Waals surface area contributed by atoms with Gasteiger partial charge in [0.2, 0.25) is 5.91 Å². The number of carbonyl (C=O) groups excluding carboxylic acids is 1. The first-order chi connectivity index (χ1) is 10.2. The molecule has 0 aromatic carbocycles. The molecule has 2 saturated heterocycles. The maximum atomic E-state index is 12.4. The second kappa shape index (κ2) is 8.71. The van der Waals surface area contributed by atoms with Crippen LogP contribution in [0.5, 0.6) is 0 Å². The van der Waals surface area contributed by atoms with Gasteiger partial charge >= 0.3 is 0 Å². The molecule has 0 spiro atoms. The Labute approximate surface area is 129 Å². The lowest BCUT2D eigenvalue weighted by Crippen LogP contribution is -2.42. The Hall–Kier alpha value is -0.650. The molecule has 1 amide bonds. The molecule has 2 aliphatic rings. The lowest BCUT2D eigenvalue weighted by molar-refractivity contribution is -0.135. The Morgan fingerprint density at radius 2 is 2.14 bits per heavy atom. The maximum absolute atomic E-state index is 12.4. The molecule has 2 unspecified atom stereocenters. The molecular formula is C16H31N3O2. The third kappa shape index (κ3) is 4.94. The Bertz CT molecular complexity index is 315. The summed E-state index contributed by atoms with van der Waals surface area (Å²) in [6.07, 6.45) is 3.38. The fourth-order valence-electron chi connectivity index (χ4n) is 3.27. The number of hydrogen-bond acceptors (Lipinski definition) is 4. The molecule has 2 aliphatic heterocycles.